The van der Waals surface area contributed by atoms with E-state index in [1.807, 2.05) is 59.6 Å². The fourth-order valence-electron chi connectivity index (χ4n) is 2.35. The maximum absolute atomic E-state index is 6.00. The highest BCUT2D eigenvalue weighted by molar-refractivity contribution is 7.78. The van der Waals surface area contributed by atoms with Crippen molar-refractivity contribution in [3.05, 3.63) is 48.5 Å². The molecule has 104 valence electrons. The van der Waals surface area contributed by atoms with E-state index in [4.69, 9.17) is 4.74 Å². The Kier molecular flexibility index (Phi) is 3.52. The van der Waals surface area contributed by atoms with Gasteiger partial charge in [0.25, 0.3) is 0 Å². The monoisotopic (exact) mass is 296 g/mol. The van der Waals surface area contributed by atoms with E-state index in [2.05, 4.69) is 34.5 Å². The molecule has 0 radical (unpaired) electrons. The van der Waals surface area contributed by atoms with E-state index >= 15 is 0 Å². The molecule has 0 aliphatic carbocycles. The molecule has 2 aromatic carbocycles. The minimum absolute atomic E-state index is 0.750. The molecule has 21 heavy (non-hydrogen) atoms. The Balaban J connectivity index is 2.00. The molecule has 0 bridgehead atoms. The third kappa shape index (κ3) is 2.44. The predicted octanol–water partition coefficient (Wildman–Crippen LogP) is 3.53. The molecule has 0 aliphatic rings. The van der Waals surface area contributed by atoms with Crippen LogP contribution < -0.4 is 9.30 Å². The van der Waals surface area contributed by atoms with Gasteiger partial charge in [-0.25, -0.2) is 0 Å². The lowest BCUT2D eigenvalue weighted by Gasteiger charge is -2.02. The van der Waals surface area contributed by atoms with Crippen molar-refractivity contribution in [2.75, 3.05) is 0 Å². The summed E-state index contributed by atoms with van der Waals surface area (Å²) < 4.78 is 10.0. The largest absolute Gasteiger partial charge is 0.462 e. The second-order valence-electron chi connectivity index (χ2n) is 4.69. The Morgan fingerprint density at radius 3 is 2.52 bits per heavy atom. The van der Waals surface area contributed by atoms with E-state index in [0.29, 0.717) is 0 Å². The van der Waals surface area contributed by atoms with Gasteiger partial charge in [-0.15, -0.1) is 0 Å². The van der Waals surface area contributed by atoms with Crippen molar-refractivity contribution in [2.45, 2.75) is 0 Å². The number of para-hydroxylation sites is 2. The van der Waals surface area contributed by atoms with Gasteiger partial charge in [0.05, 0.1) is 24.9 Å². The van der Waals surface area contributed by atoms with Crippen LogP contribution in [0.15, 0.2) is 53.5 Å². The van der Waals surface area contributed by atoms with Gasteiger partial charge in [-0.05, 0) is 48.6 Å². The van der Waals surface area contributed by atoms with E-state index < -0.39 is 0 Å². The van der Waals surface area contributed by atoms with Crippen molar-refractivity contribution in [1.82, 2.24) is 4.57 Å². The van der Waals surface area contributed by atoms with Crippen LogP contribution in [-0.2, 0) is 14.1 Å². The number of fused-ring (bicyclic) bond motifs is 1. The lowest BCUT2D eigenvalue weighted by molar-refractivity contribution is -0.650. The van der Waals surface area contributed by atoms with Crippen LogP contribution in [0.1, 0.15) is 0 Å². The molecule has 0 unspecified atom stereocenters. The first kappa shape index (κ1) is 13.5. The zero-order valence-corrected chi connectivity index (χ0v) is 12.6. The highest BCUT2D eigenvalue weighted by Gasteiger charge is 2.21. The summed E-state index contributed by atoms with van der Waals surface area (Å²) in [6.45, 7) is 0. The Hall–Kier alpha value is -2.49. The Morgan fingerprint density at radius 2 is 1.86 bits per heavy atom. The number of thiocarbonyl (C=S) groups is 1. The summed E-state index contributed by atoms with van der Waals surface area (Å²) in [7, 11) is 3.98. The number of rotatable bonds is 3. The average Bonchev–Trinajstić information content (AvgIpc) is 2.75. The molecule has 1 aromatic heterocycles. The van der Waals surface area contributed by atoms with E-state index in [9.17, 15) is 0 Å². The first-order chi connectivity index (χ1) is 10.2. The average molecular weight is 296 g/mol. The number of nitrogens with zero attached hydrogens (tertiary/aromatic N) is 3. The molecule has 0 saturated heterocycles. The number of hydrogen-bond acceptors (Lipinski definition) is 3. The second-order valence-corrected chi connectivity index (χ2v) is 4.87. The van der Waals surface area contributed by atoms with Crippen molar-refractivity contribution in [3.63, 3.8) is 0 Å². The zero-order valence-electron chi connectivity index (χ0n) is 11.8. The summed E-state index contributed by atoms with van der Waals surface area (Å²) >= 11 is 4.59. The van der Waals surface area contributed by atoms with Crippen LogP contribution >= 0.6 is 12.2 Å². The number of imidazole rings is 1. The lowest BCUT2D eigenvalue weighted by Crippen LogP contribution is -2.28. The minimum atomic E-state index is 0.750. The van der Waals surface area contributed by atoms with E-state index in [1.54, 1.807) is 0 Å². The van der Waals surface area contributed by atoms with Gasteiger partial charge in [0.1, 0.15) is 5.75 Å². The van der Waals surface area contributed by atoms with Crippen LogP contribution in [0.2, 0.25) is 0 Å². The summed E-state index contributed by atoms with van der Waals surface area (Å²) in [5.41, 5.74) is 3.01. The normalized spacial score (nSPS) is 10.4. The highest BCUT2D eigenvalue weighted by Crippen LogP contribution is 2.24. The number of hydrogen-bond donors (Lipinski definition) is 0. The number of aromatic nitrogens is 2. The van der Waals surface area contributed by atoms with E-state index in [-0.39, 0.29) is 0 Å². The van der Waals surface area contributed by atoms with E-state index in [1.165, 1.54) is 0 Å². The second kappa shape index (κ2) is 5.48. The third-order valence-electron chi connectivity index (χ3n) is 3.40. The highest BCUT2D eigenvalue weighted by atomic mass is 32.1. The van der Waals surface area contributed by atoms with E-state index in [0.717, 1.165) is 28.5 Å². The van der Waals surface area contributed by atoms with Crippen molar-refractivity contribution >= 4 is 34.1 Å². The molecule has 0 N–H and O–H groups in total. The Labute approximate surface area is 127 Å². The van der Waals surface area contributed by atoms with Crippen LogP contribution in [0.4, 0.5) is 5.69 Å². The van der Waals surface area contributed by atoms with Crippen molar-refractivity contribution in [1.29, 1.82) is 0 Å². The van der Waals surface area contributed by atoms with Crippen LogP contribution in [0.25, 0.3) is 11.0 Å². The first-order valence-electron chi connectivity index (χ1n) is 6.50. The number of aryl methyl sites for hydroxylation is 2. The van der Waals surface area contributed by atoms with Gasteiger partial charge in [0.2, 0.25) is 0 Å². The molecule has 0 saturated carbocycles. The first-order valence-corrected chi connectivity index (χ1v) is 6.91. The van der Waals surface area contributed by atoms with Gasteiger partial charge in [0, 0.05) is 0 Å². The molecule has 0 fully saturated rings. The fourth-order valence-corrected chi connectivity index (χ4v) is 2.45. The molecule has 0 spiro atoms. The molecule has 1 heterocycles. The molecule has 4 nitrogen and oxygen atoms in total. The Bertz CT molecular complexity index is 807. The smallest absolute Gasteiger partial charge is 0.392 e. The molecule has 0 atom stereocenters. The van der Waals surface area contributed by atoms with Gasteiger partial charge in [-0.2, -0.15) is 14.1 Å². The van der Waals surface area contributed by atoms with Gasteiger partial charge in [0.15, 0.2) is 11.0 Å². The quantitative estimate of drug-likeness (QED) is 0.420. The summed E-state index contributed by atoms with van der Waals surface area (Å²) in [5, 5.41) is 2.35. The summed E-state index contributed by atoms with van der Waals surface area (Å²) in [6, 6.07) is 16.4. The molecular formula is C16H14N3OS+. The predicted molar refractivity (Wildman–Crippen MR) is 85.3 cm³/mol. The molecule has 0 amide bonds. The fraction of sp³-hybridized carbons (Fsp3) is 0.125. The van der Waals surface area contributed by atoms with Gasteiger partial charge >= 0.3 is 6.01 Å². The molecule has 3 rings (SSSR count). The number of aliphatic imine (C=N–C) groups is 1. The third-order valence-corrected chi connectivity index (χ3v) is 3.49. The maximum atomic E-state index is 6.00. The number of isothiocyanates is 1. The maximum Gasteiger partial charge on any atom is 0.462 e. The number of ether oxygens (including phenoxy) is 1. The van der Waals surface area contributed by atoms with Crippen LogP contribution in [0.5, 0.6) is 11.8 Å². The summed E-state index contributed by atoms with van der Waals surface area (Å²) in [4.78, 5) is 3.92. The molecular weight excluding hydrogens is 282 g/mol. The molecule has 3 aromatic rings. The number of benzene rings is 2. The van der Waals surface area contributed by atoms with Crippen molar-refractivity contribution < 1.29 is 9.30 Å². The van der Waals surface area contributed by atoms with Gasteiger partial charge < -0.3 is 4.74 Å². The SMILES string of the molecule is Cn1c(Oc2ccc(N=C=S)cc2)[n+](C)c2ccccc21. The summed E-state index contributed by atoms with van der Waals surface area (Å²) in [6.07, 6.45) is 0. The van der Waals surface area contributed by atoms with Crippen molar-refractivity contribution in [2.24, 2.45) is 19.1 Å². The Morgan fingerprint density at radius 1 is 1.14 bits per heavy atom. The topological polar surface area (TPSA) is 30.4 Å². The van der Waals surface area contributed by atoms with Gasteiger partial charge in [-0.1, -0.05) is 12.1 Å². The van der Waals surface area contributed by atoms with Crippen LogP contribution in [-0.4, -0.2) is 9.73 Å². The van der Waals surface area contributed by atoms with Crippen LogP contribution in [0.3, 0.4) is 0 Å². The van der Waals surface area contributed by atoms with Gasteiger partial charge in [-0.3, -0.25) is 0 Å². The standard InChI is InChI=1S/C16H14N3OS/c1-18-14-5-3-4-6-15(14)19(2)16(18)20-13-9-7-12(8-10-13)17-11-21/h3-10H,1-2H3/q+1. The molecule has 0 aliphatic heterocycles. The lowest BCUT2D eigenvalue weighted by atomic mass is 10.3. The summed E-state index contributed by atoms with van der Waals surface area (Å²) in [5.74, 6) is 0.750. The minimum Gasteiger partial charge on any atom is -0.392 e. The van der Waals surface area contributed by atoms with Crippen LogP contribution in [0, 0.1) is 0 Å². The van der Waals surface area contributed by atoms with Crippen molar-refractivity contribution in [3.8, 4) is 11.8 Å². The molecule has 5 heteroatoms. The zero-order chi connectivity index (χ0) is 14.8.